The molecule has 0 spiro atoms. The Morgan fingerprint density at radius 3 is 2.38 bits per heavy atom. The predicted molar refractivity (Wildman–Crippen MR) is 86.8 cm³/mol. The zero-order valence-electron chi connectivity index (χ0n) is 13.3. The highest BCUT2D eigenvalue weighted by Crippen LogP contribution is 2.24. The van der Waals surface area contributed by atoms with Gasteiger partial charge in [0.15, 0.2) is 0 Å². The molecule has 1 aromatic rings. The van der Waals surface area contributed by atoms with E-state index in [0.29, 0.717) is 19.2 Å². The molecule has 1 aromatic carbocycles. The minimum atomic E-state index is -0.479. The van der Waals surface area contributed by atoms with Crippen molar-refractivity contribution in [2.24, 2.45) is 0 Å². The molecule has 1 atom stereocenters. The van der Waals surface area contributed by atoms with Crippen LogP contribution < -0.4 is 10.1 Å². The minimum absolute atomic E-state index is 0.150. The van der Waals surface area contributed by atoms with Crippen molar-refractivity contribution in [3.63, 3.8) is 0 Å². The summed E-state index contributed by atoms with van der Waals surface area (Å²) in [4.78, 5) is 0. The summed E-state index contributed by atoms with van der Waals surface area (Å²) in [6, 6.07) is 8.60. The van der Waals surface area contributed by atoms with E-state index in [1.54, 1.807) is 0 Å². The Morgan fingerprint density at radius 1 is 1.19 bits per heavy atom. The van der Waals surface area contributed by atoms with Crippen LogP contribution in [0.1, 0.15) is 39.2 Å². The van der Waals surface area contributed by atoms with E-state index < -0.39 is 6.10 Å². The van der Waals surface area contributed by atoms with Crippen molar-refractivity contribution in [3.05, 3.63) is 42.0 Å². The molecule has 116 valence electrons. The maximum absolute atomic E-state index is 9.95. The Labute approximate surface area is 128 Å². The lowest BCUT2D eigenvalue weighted by Crippen LogP contribution is -2.36. The van der Waals surface area contributed by atoms with Crippen LogP contribution in [-0.2, 0) is 5.41 Å². The Hall–Kier alpha value is -1.32. The van der Waals surface area contributed by atoms with Crippen LogP contribution >= 0.6 is 0 Å². The summed E-state index contributed by atoms with van der Waals surface area (Å²) < 4.78 is 5.65. The number of hydrogen-bond donors (Lipinski definition) is 2. The Morgan fingerprint density at radius 2 is 1.81 bits per heavy atom. The van der Waals surface area contributed by atoms with Gasteiger partial charge < -0.3 is 15.2 Å². The van der Waals surface area contributed by atoms with Crippen LogP contribution in [0.5, 0.6) is 5.75 Å². The lowest BCUT2D eigenvalue weighted by Gasteiger charge is -2.20. The monoisotopic (exact) mass is 289 g/mol. The first-order valence-corrected chi connectivity index (χ1v) is 7.75. The maximum Gasteiger partial charge on any atom is 0.119 e. The SMILES string of the molecule is CC(C)(C)c1ccc(OCC(O)CNC2CC=CC2)cc1. The number of hydrogen-bond acceptors (Lipinski definition) is 3. The first kappa shape index (κ1) is 16.1. The van der Waals surface area contributed by atoms with Crippen molar-refractivity contribution in [1.82, 2.24) is 5.32 Å². The molecule has 0 radical (unpaired) electrons. The summed E-state index contributed by atoms with van der Waals surface area (Å²) in [6.07, 6.45) is 5.99. The smallest absolute Gasteiger partial charge is 0.119 e. The number of nitrogens with one attached hydrogen (secondary N) is 1. The molecule has 0 heterocycles. The first-order chi connectivity index (χ1) is 9.95. The van der Waals surface area contributed by atoms with E-state index >= 15 is 0 Å². The summed E-state index contributed by atoms with van der Waals surface area (Å²) in [5.74, 6) is 0.810. The van der Waals surface area contributed by atoms with Gasteiger partial charge in [-0.15, -0.1) is 0 Å². The third-order valence-corrected chi connectivity index (χ3v) is 3.81. The summed E-state index contributed by atoms with van der Waals surface area (Å²) in [6.45, 7) is 7.47. The van der Waals surface area contributed by atoms with Gasteiger partial charge in [0.05, 0.1) is 0 Å². The van der Waals surface area contributed by atoms with Gasteiger partial charge >= 0.3 is 0 Å². The Kier molecular flexibility index (Phi) is 5.43. The molecule has 2 rings (SSSR count). The van der Waals surface area contributed by atoms with Crippen LogP contribution in [0.4, 0.5) is 0 Å². The molecule has 0 fully saturated rings. The number of rotatable bonds is 6. The highest BCUT2D eigenvalue weighted by atomic mass is 16.5. The molecular formula is C18H27NO2. The normalized spacial score (nSPS) is 17.1. The Balaban J connectivity index is 1.72. The average molecular weight is 289 g/mol. The molecule has 0 aliphatic heterocycles. The molecule has 0 saturated carbocycles. The third kappa shape index (κ3) is 5.18. The van der Waals surface area contributed by atoms with E-state index in [2.05, 4.69) is 50.4 Å². The van der Waals surface area contributed by atoms with Crippen molar-refractivity contribution in [2.45, 2.75) is 51.2 Å². The first-order valence-electron chi connectivity index (χ1n) is 7.75. The number of aliphatic hydroxyl groups is 1. The fourth-order valence-electron chi connectivity index (χ4n) is 2.39. The van der Waals surface area contributed by atoms with E-state index in [1.165, 1.54) is 5.56 Å². The minimum Gasteiger partial charge on any atom is -0.491 e. The fourth-order valence-corrected chi connectivity index (χ4v) is 2.39. The molecular weight excluding hydrogens is 262 g/mol. The average Bonchev–Trinajstić information content (AvgIpc) is 2.95. The van der Waals surface area contributed by atoms with Gasteiger partial charge in [0, 0.05) is 12.6 Å². The van der Waals surface area contributed by atoms with E-state index in [1.807, 2.05) is 12.1 Å². The van der Waals surface area contributed by atoms with Gasteiger partial charge in [0.25, 0.3) is 0 Å². The molecule has 0 aromatic heterocycles. The molecule has 0 saturated heterocycles. The topological polar surface area (TPSA) is 41.5 Å². The molecule has 1 unspecified atom stereocenters. The highest BCUT2D eigenvalue weighted by molar-refractivity contribution is 5.31. The van der Waals surface area contributed by atoms with E-state index in [0.717, 1.165) is 18.6 Å². The fraction of sp³-hybridized carbons (Fsp3) is 0.556. The van der Waals surface area contributed by atoms with Crippen LogP contribution in [0.2, 0.25) is 0 Å². The molecule has 21 heavy (non-hydrogen) atoms. The zero-order chi connectivity index (χ0) is 15.3. The summed E-state index contributed by atoms with van der Waals surface area (Å²) in [5.41, 5.74) is 1.43. The lowest BCUT2D eigenvalue weighted by molar-refractivity contribution is 0.104. The largest absolute Gasteiger partial charge is 0.491 e. The van der Waals surface area contributed by atoms with Crippen molar-refractivity contribution < 1.29 is 9.84 Å². The van der Waals surface area contributed by atoms with Crippen molar-refractivity contribution in [3.8, 4) is 5.75 Å². The van der Waals surface area contributed by atoms with Crippen LogP contribution in [-0.4, -0.2) is 30.4 Å². The molecule has 0 amide bonds. The van der Waals surface area contributed by atoms with Crippen molar-refractivity contribution in [2.75, 3.05) is 13.2 Å². The third-order valence-electron chi connectivity index (χ3n) is 3.81. The van der Waals surface area contributed by atoms with Gasteiger partial charge in [-0.3, -0.25) is 0 Å². The Bertz CT molecular complexity index is 451. The second kappa shape index (κ2) is 7.10. The van der Waals surface area contributed by atoms with E-state index in [-0.39, 0.29) is 5.41 Å². The van der Waals surface area contributed by atoms with Gasteiger partial charge in [-0.2, -0.15) is 0 Å². The molecule has 3 heteroatoms. The van der Waals surface area contributed by atoms with Gasteiger partial charge in [-0.1, -0.05) is 45.1 Å². The standard InChI is InChI=1S/C18H27NO2/c1-18(2,3)14-8-10-17(11-9-14)21-13-16(20)12-19-15-6-4-5-7-15/h4-5,8-11,15-16,19-20H,6-7,12-13H2,1-3H3. The van der Waals surface area contributed by atoms with Crippen LogP contribution in [0.25, 0.3) is 0 Å². The van der Waals surface area contributed by atoms with Crippen LogP contribution in [0, 0.1) is 0 Å². The molecule has 1 aliphatic rings. The van der Waals surface area contributed by atoms with E-state index in [4.69, 9.17) is 4.74 Å². The zero-order valence-corrected chi connectivity index (χ0v) is 13.3. The summed E-state index contributed by atoms with van der Waals surface area (Å²) >= 11 is 0. The van der Waals surface area contributed by atoms with Crippen LogP contribution in [0.15, 0.2) is 36.4 Å². The summed E-state index contributed by atoms with van der Waals surface area (Å²) in [7, 11) is 0. The number of aliphatic hydroxyl groups excluding tert-OH is 1. The number of ether oxygens (including phenoxy) is 1. The van der Waals surface area contributed by atoms with Gasteiger partial charge in [-0.05, 0) is 36.0 Å². The van der Waals surface area contributed by atoms with Crippen molar-refractivity contribution >= 4 is 0 Å². The quantitative estimate of drug-likeness (QED) is 0.791. The second-order valence-electron chi connectivity index (χ2n) is 6.79. The molecule has 2 N–H and O–H groups in total. The highest BCUT2D eigenvalue weighted by Gasteiger charge is 2.14. The molecule has 3 nitrogen and oxygen atoms in total. The van der Waals surface area contributed by atoms with Crippen LogP contribution in [0.3, 0.4) is 0 Å². The molecule has 0 bridgehead atoms. The van der Waals surface area contributed by atoms with Gasteiger partial charge in [0.2, 0.25) is 0 Å². The lowest BCUT2D eigenvalue weighted by atomic mass is 9.87. The number of benzene rings is 1. The van der Waals surface area contributed by atoms with Crippen molar-refractivity contribution in [1.29, 1.82) is 0 Å². The van der Waals surface area contributed by atoms with Gasteiger partial charge in [-0.25, -0.2) is 0 Å². The predicted octanol–water partition coefficient (Wildman–Crippen LogP) is 3.03. The van der Waals surface area contributed by atoms with E-state index in [9.17, 15) is 5.11 Å². The second-order valence-corrected chi connectivity index (χ2v) is 6.79. The molecule has 1 aliphatic carbocycles. The van der Waals surface area contributed by atoms with Gasteiger partial charge in [0.1, 0.15) is 18.5 Å². The summed E-state index contributed by atoms with van der Waals surface area (Å²) in [5, 5.41) is 13.3. The maximum atomic E-state index is 9.95.